The van der Waals surface area contributed by atoms with E-state index >= 15 is 0 Å². The molecule has 5 heteroatoms. The van der Waals surface area contributed by atoms with Crippen LogP contribution in [-0.2, 0) is 16.0 Å². The Morgan fingerprint density at radius 3 is 2.15 bits per heavy atom. The minimum Gasteiger partial charge on any atom is -0.480 e. The molecule has 4 nitrogen and oxygen atoms in total. The van der Waals surface area contributed by atoms with Gasteiger partial charge in [-0.2, -0.15) is 12.6 Å². The van der Waals surface area contributed by atoms with Gasteiger partial charge in [0.25, 0.3) is 0 Å². The second-order valence-corrected chi connectivity index (χ2v) is 7.05. The fraction of sp³-hybridized carbons (Fsp3) is 0.333. The van der Waals surface area contributed by atoms with E-state index in [2.05, 4.69) is 17.9 Å². The Labute approximate surface area is 160 Å². The normalized spacial score (nSPS) is 14.3. The van der Waals surface area contributed by atoms with Gasteiger partial charge in [-0.1, -0.05) is 74.9 Å². The first-order chi connectivity index (χ1) is 12.4. The molecule has 3 atom stereocenters. The molecule has 1 unspecified atom stereocenters. The lowest BCUT2D eigenvalue weighted by molar-refractivity contribution is -0.141. The molecule has 0 aliphatic heterocycles. The Kier molecular flexibility index (Phi) is 7.27. The van der Waals surface area contributed by atoms with E-state index in [4.69, 9.17) is 0 Å². The standard InChI is InChI=1S/C21H25NO3S/c1-3-14(2)19(26)20(23)22-18(21(24)25)13-15-9-11-17(12-10-15)16-7-5-4-6-8-16/h4-12,14,18-19,26H,3,13H2,1-2H3,(H,22,23)(H,24,25)/t14-,18-,19?/m0/s1. The van der Waals surface area contributed by atoms with E-state index in [0.29, 0.717) is 0 Å². The van der Waals surface area contributed by atoms with Gasteiger partial charge in [-0.05, 0) is 22.6 Å². The van der Waals surface area contributed by atoms with Crippen molar-refractivity contribution in [3.8, 4) is 11.1 Å². The van der Waals surface area contributed by atoms with Gasteiger partial charge in [-0.15, -0.1) is 0 Å². The average Bonchev–Trinajstić information content (AvgIpc) is 2.67. The van der Waals surface area contributed by atoms with Gasteiger partial charge in [-0.25, -0.2) is 4.79 Å². The highest BCUT2D eigenvalue weighted by Gasteiger charge is 2.26. The highest BCUT2D eigenvalue weighted by Crippen LogP contribution is 2.20. The van der Waals surface area contributed by atoms with E-state index < -0.39 is 17.3 Å². The summed E-state index contributed by atoms with van der Waals surface area (Å²) in [6, 6.07) is 16.7. The molecule has 2 aromatic rings. The van der Waals surface area contributed by atoms with Crippen molar-refractivity contribution in [2.45, 2.75) is 38.0 Å². The van der Waals surface area contributed by atoms with Gasteiger partial charge in [0, 0.05) is 6.42 Å². The molecule has 0 fully saturated rings. The molecule has 0 saturated heterocycles. The summed E-state index contributed by atoms with van der Waals surface area (Å²) >= 11 is 4.32. The molecule has 2 rings (SSSR count). The fourth-order valence-electron chi connectivity index (χ4n) is 2.64. The molecule has 0 bridgehead atoms. The Morgan fingerprint density at radius 1 is 1.04 bits per heavy atom. The van der Waals surface area contributed by atoms with Crippen LogP contribution in [0, 0.1) is 5.92 Å². The fourth-order valence-corrected chi connectivity index (χ4v) is 2.92. The Balaban J connectivity index is 2.06. The van der Waals surface area contributed by atoms with E-state index in [1.807, 2.05) is 68.4 Å². The number of carbonyl (C=O) groups is 2. The van der Waals surface area contributed by atoms with E-state index in [9.17, 15) is 14.7 Å². The maximum absolute atomic E-state index is 12.2. The highest BCUT2D eigenvalue weighted by atomic mass is 32.1. The summed E-state index contributed by atoms with van der Waals surface area (Å²) in [5.41, 5.74) is 3.03. The van der Waals surface area contributed by atoms with Gasteiger partial charge < -0.3 is 10.4 Å². The van der Waals surface area contributed by atoms with Crippen molar-refractivity contribution in [2.24, 2.45) is 5.92 Å². The number of benzene rings is 2. The smallest absolute Gasteiger partial charge is 0.326 e. The van der Waals surface area contributed by atoms with Crippen molar-refractivity contribution < 1.29 is 14.7 Å². The quantitative estimate of drug-likeness (QED) is 0.618. The monoisotopic (exact) mass is 371 g/mol. The molecule has 2 N–H and O–H groups in total. The van der Waals surface area contributed by atoms with Crippen LogP contribution in [0.15, 0.2) is 54.6 Å². The van der Waals surface area contributed by atoms with Crippen LogP contribution in [-0.4, -0.2) is 28.3 Å². The third-order valence-electron chi connectivity index (χ3n) is 4.57. The second-order valence-electron chi connectivity index (χ2n) is 6.50. The van der Waals surface area contributed by atoms with E-state index in [-0.39, 0.29) is 18.2 Å². The number of rotatable bonds is 8. The van der Waals surface area contributed by atoms with Crippen molar-refractivity contribution in [3.05, 3.63) is 60.2 Å². The minimum atomic E-state index is -1.05. The van der Waals surface area contributed by atoms with Gasteiger partial charge in [0.1, 0.15) is 6.04 Å². The Morgan fingerprint density at radius 2 is 1.62 bits per heavy atom. The van der Waals surface area contributed by atoms with Crippen LogP contribution in [0.5, 0.6) is 0 Å². The van der Waals surface area contributed by atoms with Crippen molar-refractivity contribution in [1.29, 1.82) is 0 Å². The number of nitrogens with one attached hydrogen (secondary N) is 1. The third-order valence-corrected chi connectivity index (χ3v) is 5.31. The first-order valence-corrected chi connectivity index (χ1v) is 9.29. The van der Waals surface area contributed by atoms with Gasteiger partial charge in [0.15, 0.2) is 0 Å². The molecule has 0 aromatic heterocycles. The van der Waals surface area contributed by atoms with Crippen LogP contribution < -0.4 is 5.32 Å². The molecule has 0 aliphatic rings. The van der Waals surface area contributed by atoms with Gasteiger partial charge in [-0.3, -0.25) is 4.79 Å². The van der Waals surface area contributed by atoms with Crippen LogP contribution in [0.3, 0.4) is 0 Å². The largest absolute Gasteiger partial charge is 0.480 e. The van der Waals surface area contributed by atoms with Crippen molar-refractivity contribution in [3.63, 3.8) is 0 Å². The van der Waals surface area contributed by atoms with Gasteiger partial charge >= 0.3 is 5.97 Å². The molecule has 0 spiro atoms. The molecule has 0 saturated carbocycles. The number of hydrogen-bond acceptors (Lipinski definition) is 3. The molecule has 1 amide bonds. The number of carbonyl (C=O) groups excluding carboxylic acids is 1. The number of hydrogen-bond donors (Lipinski definition) is 3. The third kappa shape index (κ3) is 5.36. The van der Waals surface area contributed by atoms with E-state index in [1.165, 1.54) is 0 Å². The lowest BCUT2D eigenvalue weighted by Gasteiger charge is -2.21. The summed E-state index contributed by atoms with van der Waals surface area (Å²) < 4.78 is 0. The lowest BCUT2D eigenvalue weighted by atomic mass is 10.00. The van der Waals surface area contributed by atoms with Crippen LogP contribution >= 0.6 is 12.6 Å². The molecular formula is C21H25NO3S. The molecule has 138 valence electrons. The zero-order valence-electron chi connectivity index (χ0n) is 15.1. The second kappa shape index (κ2) is 9.43. The zero-order chi connectivity index (χ0) is 19.1. The molecule has 0 aliphatic carbocycles. The Bertz CT molecular complexity index is 731. The SMILES string of the molecule is CC[C@H](C)C(S)C(=O)N[C@@H](Cc1ccc(-c2ccccc2)cc1)C(=O)O. The summed E-state index contributed by atoms with van der Waals surface area (Å²) in [5.74, 6) is -1.30. The summed E-state index contributed by atoms with van der Waals surface area (Å²) in [5, 5.41) is 11.6. The zero-order valence-corrected chi connectivity index (χ0v) is 15.9. The summed E-state index contributed by atoms with van der Waals surface area (Å²) in [6.07, 6.45) is 1.04. The predicted molar refractivity (Wildman–Crippen MR) is 107 cm³/mol. The van der Waals surface area contributed by atoms with Crippen molar-refractivity contribution in [2.75, 3.05) is 0 Å². The summed E-state index contributed by atoms with van der Waals surface area (Å²) in [6.45, 7) is 3.90. The maximum Gasteiger partial charge on any atom is 0.326 e. The number of carboxylic acids is 1. The topological polar surface area (TPSA) is 66.4 Å². The van der Waals surface area contributed by atoms with Crippen LogP contribution in [0.2, 0.25) is 0 Å². The maximum atomic E-state index is 12.2. The average molecular weight is 372 g/mol. The molecule has 0 heterocycles. The number of carboxylic acid groups (broad SMARTS) is 1. The summed E-state index contributed by atoms with van der Waals surface area (Å²) in [7, 11) is 0. The predicted octanol–water partition coefficient (Wildman–Crippen LogP) is 3.81. The van der Waals surface area contributed by atoms with Crippen molar-refractivity contribution >= 4 is 24.5 Å². The molecule has 26 heavy (non-hydrogen) atoms. The molecule has 2 aromatic carbocycles. The number of thiol groups is 1. The molecule has 0 radical (unpaired) electrons. The van der Waals surface area contributed by atoms with Crippen LogP contribution in [0.25, 0.3) is 11.1 Å². The lowest BCUT2D eigenvalue weighted by Crippen LogP contribution is -2.46. The minimum absolute atomic E-state index is 0.0814. The number of amides is 1. The summed E-state index contributed by atoms with van der Waals surface area (Å²) in [4.78, 5) is 23.8. The first kappa shape index (κ1) is 20.0. The van der Waals surface area contributed by atoms with Crippen LogP contribution in [0.1, 0.15) is 25.8 Å². The van der Waals surface area contributed by atoms with Crippen LogP contribution in [0.4, 0.5) is 0 Å². The number of aliphatic carboxylic acids is 1. The van der Waals surface area contributed by atoms with Crippen molar-refractivity contribution in [1.82, 2.24) is 5.32 Å². The van der Waals surface area contributed by atoms with E-state index in [1.54, 1.807) is 0 Å². The highest BCUT2D eigenvalue weighted by molar-refractivity contribution is 7.81. The van der Waals surface area contributed by atoms with Gasteiger partial charge in [0.05, 0.1) is 5.25 Å². The van der Waals surface area contributed by atoms with Gasteiger partial charge in [0.2, 0.25) is 5.91 Å². The first-order valence-electron chi connectivity index (χ1n) is 8.78. The van der Waals surface area contributed by atoms with E-state index in [0.717, 1.165) is 23.1 Å². The Hall–Kier alpha value is -2.27. The molecular weight excluding hydrogens is 346 g/mol.